The molecule has 0 aliphatic carbocycles. The van der Waals surface area contributed by atoms with Crippen molar-refractivity contribution in [3.05, 3.63) is 70.8 Å². The quantitative estimate of drug-likeness (QED) is 0.246. The predicted octanol–water partition coefficient (Wildman–Crippen LogP) is 2.94. The van der Waals surface area contributed by atoms with Gasteiger partial charge >= 0.3 is 0 Å². The van der Waals surface area contributed by atoms with Crippen molar-refractivity contribution < 1.29 is 8.42 Å². The number of aromatic nitrogens is 6. The second-order valence-electron chi connectivity index (χ2n) is 10.9. The van der Waals surface area contributed by atoms with E-state index in [2.05, 4.69) is 87.6 Å². The van der Waals surface area contributed by atoms with E-state index < -0.39 is 21.6 Å². The summed E-state index contributed by atoms with van der Waals surface area (Å²) in [5.41, 5.74) is 4.40. The van der Waals surface area contributed by atoms with Gasteiger partial charge in [-0.25, -0.2) is 0 Å². The zero-order chi connectivity index (χ0) is 33.6. The first-order valence-electron chi connectivity index (χ1n) is 14.4. The normalized spacial score (nSPS) is 12.4. The van der Waals surface area contributed by atoms with E-state index in [0.717, 1.165) is 22.3 Å². The van der Waals surface area contributed by atoms with Crippen molar-refractivity contribution in [1.82, 2.24) is 29.9 Å². The summed E-state index contributed by atoms with van der Waals surface area (Å²) in [4.78, 5) is 31.2. The lowest BCUT2D eigenvalue weighted by atomic mass is 10.1. The van der Waals surface area contributed by atoms with E-state index in [1.165, 1.54) is 0 Å². The lowest BCUT2D eigenvalue weighted by Gasteiger charge is -2.16. The maximum atomic E-state index is 9.56. The van der Waals surface area contributed by atoms with Crippen molar-refractivity contribution in [3.8, 4) is 0 Å². The molecule has 46 heavy (non-hydrogen) atoms. The Balaban J connectivity index is 0.000000647. The summed E-state index contributed by atoms with van der Waals surface area (Å²) >= 11 is 0. The average Bonchev–Trinajstić information content (AvgIpc) is 3.00. The Labute approximate surface area is 276 Å². The molecule has 1 aliphatic heterocycles. The van der Waals surface area contributed by atoms with Gasteiger partial charge in [0.05, 0.1) is 0 Å². The van der Waals surface area contributed by atoms with Gasteiger partial charge in [0.1, 0.15) is 0 Å². The summed E-state index contributed by atoms with van der Waals surface area (Å²) in [5.74, 6) is 3.20. The zero-order valence-corrected chi connectivity index (χ0v) is 29.3. The molecule has 2 aromatic heterocycles. The van der Waals surface area contributed by atoms with Gasteiger partial charge in [-0.3, -0.25) is 8.42 Å². The van der Waals surface area contributed by atoms with Crippen LogP contribution in [0.3, 0.4) is 0 Å². The summed E-state index contributed by atoms with van der Waals surface area (Å²) in [6, 6.07) is 16.6. The number of hydrogen-bond donors (Lipinski definition) is 4. The molecule has 0 unspecified atom stereocenters. The number of benzene rings is 2. The topological polar surface area (TPSA) is 166 Å². The zero-order valence-electron chi connectivity index (χ0n) is 27.7. The summed E-state index contributed by atoms with van der Waals surface area (Å²) in [6.07, 6.45) is 6.56. The number of nitrogens with zero attached hydrogens (tertiary/aromatic N) is 8. The summed E-state index contributed by atoms with van der Waals surface area (Å²) in [6.45, 7) is 2.27. The lowest BCUT2D eigenvalue weighted by molar-refractivity contribution is 0.689. The van der Waals surface area contributed by atoms with Crippen molar-refractivity contribution in [2.24, 2.45) is 0 Å². The average molecular weight is 669 g/mol. The van der Waals surface area contributed by atoms with Crippen LogP contribution in [0.4, 0.5) is 35.7 Å². The van der Waals surface area contributed by atoms with Crippen molar-refractivity contribution in [2.45, 2.75) is 26.2 Å². The van der Waals surface area contributed by atoms with Crippen molar-refractivity contribution in [1.29, 1.82) is 0 Å². The van der Waals surface area contributed by atoms with E-state index in [1.54, 1.807) is 25.0 Å². The number of rotatable bonds is 2. The van der Waals surface area contributed by atoms with Crippen LogP contribution in [0.25, 0.3) is 0 Å². The van der Waals surface area contributed by atoms with Crippen LogP contribution in [0.15, 0.2) is 48.5 Å². The first-order chi connectivity index (χ1) is 21.9. The highest BCUT2D eigenvalue weighted by molar-refractivity contribution is 7.83. The van der Waals surface area contributed by atoms with Gasteiger partial charge in [-0.15, -0.1) is 0 Å². The van der Waals surface area contributed by atoms with Crippen LogP contribution in [-0.4, -0.2) is 91.5 Å². The Kier molecular flexibility index (Phi) is 14.0. The highest BCUT2D eigenvalue weighted by atomic mass is 32.2. The lowest BCUT2D eigenvalue weighted by Crippen LogP contribution is -2.18. The maximum Gasteiger partial charge on any atom is 0.231 e. The fourth-order valence-corrected chi connectivity index (χ4v) is 3.87. The van der Waals surface area contributed by atoms with Gasteiger partial charge in [-0.1, -0.05) is 48.5 Å². The Morgan fingerprint density at radius 2 is 0.739 bits per heavy atom. The summed E-state index contributed by atoms with van der Waals surface area (Å²) in [7, 11) is 6.43. The Hall–Kier alpha value is -4.44. The second kappa shape index (κ2) is 17.9. The standard InChI is InChI=1S/C26H32N12.2C2H6OS/c1-37(2)25-33-21-27-13-17-7-5-9-19(11-17)15-29-23-32-24(36-26(35-23)38(3)4)30-16-20-10-6-8-18(12-20)14-28-22(31-21)34-25;2*1-4(2)3/h5-12H,13-16H2,1-4H3,(H2,27,28,31,33,34)(H2,29,30,32,35,36);2*1-2H3. The third kappa shape index (κ3) is 12.9. The SMILES string of the molecule is CN(C)c1nc2nc(n1)NCc1cccc(c1)CNc1nc(nc(N(C)C)n1)NCc1cccc(c1)CN2.CS(C)=O.CS(C)=O. The minimum Gasteiger partial charge on any atom is -0.350 e. The first kappa shape index (κ1) is 36.0. The highest BCUT2D eigenvalue weighted by Crippen LogP contribution is 2.17. The van der Waals surface area contributed by atoms with Crippen molar-refractivity contribution in [3.63, 3.8) is 0 Å². The molecule has 4 aromatic rings. The third-order valence-electron chi connectivity index (χ3n) is 5.83. The molecule has 4 N–H and O–H groups in total. The van der Waals surface area contributed by atoms with Crippen LogP contribution in [0.2, 0.25) is 0 Å². The molecule has 2 aromatic carbocycles. The highest BCUT2D eigenvalue weighted by Gasteiger charge is 2.11. The number of hydrogen-bond acceptors (Lipinski definition) is 14. The van der Waals surface area contributed by atoms with Crippen LogP contribution in [0.1, 0.15) is 22.3 Å². The van der Waals surface area contributed by atoms with Gasteiger partial charge in [0.2, 0.25) is 35.7 Å². The smallest absolute Gasteiger partial charge is 0.231 e. The van der Waals surface area contributed by atoms with Gasteiger partial charge in [0, 0.05) is 101 Å². The predicted molar refractivity (Wildman–Crippen MR) is 190 cm³/mol. The van der Waals surface area contributed by atoms with E-state index in [-0.39, 0.29) is 0 Å². The largest absolute Gasteiger partial charge is 0.350 e. The van der Waals surface area contributed by atoms with E-state index in [1.807, 2.05) is 50.1 Å². The molecular weight excluding hydrogens is 625 g/mol. The molecule has 0 spiro atoms. The van der Waals surface area contributed by atoms with Gasteiger partial charge in [0.25, 0.3) is 0 Å². The van der Waals surface area contributed by atoms with Crippen LogP contribution in [-0.2, 0) is 47.8 Å². The van der Waals surface area contributed by atoms with Crippen LogP contribution >= 0.6 is 0 Å². The minimum atomic E-state index is -0.611. The van der Waals surface area contributed by atoms with Crippen LogP contribution in [0.5, 0.6) is 0 Å². The molecule has 14 nitrogen and oxygen atoms in total. The Morgan fingerprint density at radius 1 is 0.500 bits per heavy atom. The van der Waals surface area contributed by atoms with Gasteiger partial charge in [0.15, 0.2) is 0 Å². The van der Waals surface area contributed by atoms with Crippen molar-refractivity contribution in [2.75, 3.05) is 84.3 Å². The maximum absolute atomic E-state index is 9.56. The third-order valence-corrected chi connectivity index (χ3v) is 5.83. The molecule has 16 heteroatoms. The van der Waals surface area contributed by atoms with Gasteiger partial charge in [-0.2, -0.15) is 29.9 Å². The monoisotopic (exact) mass is 668 g/mol. The molecule has 0 saturated heterocycles. The second-order valence-corrected chi connectivity index (χ2v) is 13.9. The fraction of sp³-hybridized carbons (Fsp3) is 0.400. The molecule has 3 heterocycles. The first-order valence-corrected chi connectivity index (χ1v) is 18.3. The molecular formula is C30H44N12O2S2. The summed E-state index contributed by atoms with van der Waals surface area (Å²) < 4.78 is 19.1. The molecule has 0 atom stereocenters. The van der Waals surface area contributed by atoms with E-state index in [9.17, 15) is 8.42 Å². The van der Waals surface area contributed by atoms with E-state index in [4.69, 9.17) is 0 Å². The molecule has 5 rings (SSSR count). The van der Waals surface area contributed by atoms with Gasteiger partial charge < -0.3 is 31.1 Å². The van der Waals surface area contributed by atoms with Crippen molar-refractivity contribution >= 4 is 57.3 Å². The fourth-order valence-electron chi connectivity index (χ4n) is 3.87. The Morgan fingerprint density at radius 3 is 0.957 bits per heavy atom. The molecule has 0 fully saturated rings. The number of fused-ring (bicyclic) bond motifs is 8. The molecule has 1 aliphatic rings. The van der Waals surface area contributed by atoms with Crippen LogP contribution < -0.4 is 31.1 Å². The molecule has 8 bridgehead atoms. The van der Waals surface area contributed by atoms with E-state index in [0.29, 0.717) is 61.9 Å². The van der Waals surface area contributed by atoms with E-state index >= 15 is 0 Å². The van der Waals surface area contributed by atoms with Gasteiger partial charge in [-0.05, 0) is 22.3 Å². The molecule has 0 saturated carbocycles. The molecule has 0 radical (unpaired) electrons. The van der Waals surface area contributed by atoms with Crippen LogP contribution in [0, 0.1) is 0 Å². The minimum absolute atomic E-state index is 0.510. The molecule has 248 valence electrons. The molecule has 0 amide bonds. The Bertz CT molecular complexity index is 1410. The number of anilines is 6. The number of nitrogens with one attached hydrogen (secondary N) is 4. The summed E-state index contributed by atoms with van der Waals surface area (Å²) in [5, 5.41) is 13.4.